The van der Waals surface area contributed by atoms with Crippen LogP contribution in [0.15, 0.2) is 48.7 Å². The average Bonchev–Trinajstić information content (AvgIpc) is 3.06. The Morgan fingerprint density at radius 2 is 2.07 bits per heavy atom. The zero-order chi connectivity index (χ0) is 18.8. The molecule has 1 amide bonds. The lowest BCUT2D eigenvalue weighted by Gasteiger charge is -2.19. The summed E-state index contributed by atoms with van der Waals surface area (Å²) in [6, 6.07) is 13.0. The van der Waals surface area contributed by atoms with E-state index in [0.29, 0.717) is 19.6 Å². The molecule has 2 aromatic carbocycles. The first-order valence-electron chi connectivity index (χ1n) is 8.93. The maximum absolute atomic E-state index is 12.4. The summed E-state index contributed by atoms with van der Waals surface area (Å²) < 4.78 is 7.52. The fraction of sp³-hybridized carbons (Fsp3) is 0.238. The number of carbonyl (C=O) groups is 1. The van der Waals surface area contributed by atoms with E-state index in [9.17, 15) is 9.90 Å². The molecule has 6 heteroatoms. The highest BCUT2D eigenvalue weighted by Gasteiger charge is 2.23. The van der Waals surface area contributed by atoms with E-state index in [1.807, 2.05) is 31.2 Å². The molecule has 3 aromatic rings. The number of fused-ring (bicyclic) bond motifs is 3. The van der Waals surface area contributed by atoms with E-state index in [1.54, 1.807) is 23.0 Å². The second-order valence-electron chi connectivity index (χ2n) is 6.73. The van der Waals surface area contributed by atoms with E-state index >= 15 is 0 Å². The maximum Gasteiger partial charge on any atom is 0.241 e. The van der Waals surface area contributed by atoms with Crippen LogP contribution in [-0.4, -0.2) is 27.3 Å². The minimum Gasteiger partial charge on any atom is -0.508 e. The molecule has 1 aliphatic heterocycles. The fourth-order valence-electron chi connectivity index (χ4n) is 3.27. The van der Waals surface area contributed by atoms with Crippen LogP contribution in [0.5, 0.6) is 11.5 Å². The smallest absolute Gasteiger partial charge is 0.241 e. The molecule has 4 rings (SSSR count). The Kier molecular flexibility index (Phi) is 4.54. The summed E-state index contributed by atoms with van der Waals surface area (Å²) in [5, 5.41) is 16.6. The Morgan fingerprint density at radius 3 is 2.89 bits per heavy atom. The lowest BCUT2D eigenvalue weighted by molar-refractivity contribution is -0.121. The second-order valence-corrected chi connectivity index (χ2v) is 6.73. The molecular weight excluding hydrogens is 342 g/mol. The maximum atomic E-state index is 12.4. The molecule has 1 aliphatic rings. The van der Waals surface area contributed by atoms with E-state index in [1.165, 1.54) is 0 Å². The van der Waals surface area contributed by atoms with Crippen molar-refractivity contribution in [3.63, 3.8) is 0 Å². The van der Waals surface area contributed by atoms with Gasteiger partial charge in [0.25, 0.3) is 0 Å². The van der Waals surface area contributed by atoms with E-state index in [4.69, 9.17) is 4.74 Å². The molecule has 0 unspecified atom stereocenters. The Hall–Kier alpha value is -3.28. The second kappa shape index (κ2) is 7.15. The normalized spacial score (nSPS) is 12.0. The minimum atomic E-state index is -0.0830. The molecule has 0 atom stereocenters. The van der Waals surface area contributed by atoms with Gasteiger partial charge in [0.05, 0.1) is 11.9 Å². The van der Waals surface area contributed by atoms with Crippen molar-refractivity contribution in [2.75, 3.05) is 6.54 Å². The van der Waals surface area contributed by atoms with Crippen LogP contribution in [0.2, 0.25) is 0 Å². The molecule has 2 N–H and O–H groups in total. The monoisotopic (exact) mass is 363 g/mol. The van der Waals surface area contributed by atoms with Gasteiger partial charge in [-0.25, -0.2) is 0 Å². The number of carbonyl (C=O) groups excluding carboxylic acids is 1. The number of amides is 1. The molecule has 27 heavy (non-hydrogen) atoms. The summed E-state index contributed by atoms with van der Waals surface area (Å²) in [4.78, 5) is 12.4. The van der Waals surface area contributed by atoms with Gasteiger partial charge in [0.2, 0.25) is 5.91 Å². The highest BCUT2D eigenvalue weighted by molar-refractivity contribution is 5.78. The van der Waals surface area contributed by atoms with E-state index in [-0.39, 0.29) is 18.2 Å². The van der Waals surface area contributed by atoms with Crippen LogP contribution in [-0.2, 0) is 24.4 Å². The Bertz CT molecular complexity index is 977. The van der Waals surface area contributed by atoms with Gasteiger partial charge in [0, 0.05) is 17.7 Å². The number of phenolic OH excluding ortho intramolecular Hbond substituents is 1. The van der Waals surface area contributed by atoms with Crippen LogP contribution in [0, 0.1) is 6.92 Å². The molecule has 0 aliphatic carbocycles. The largest absolute Gasteiger partial charge is 0.508 e. The Balaban J connectivity index is 1.43. The summed E-state index contributed by atoms with van der Waals surface area (Å²) in [5.41, 5.74) is 5.12. The average molecular weight is 363 g/mol. The van der Waals surface area contributed by atoms with E-state index in [2.05, 4.69) is 16.5 Å². The molecule has 1 aromatic heterocycles. The van der Waals surface area contributed by atoms with Crippen LogP contribution in [0.1, 0.15) is 16.7 Å². The summed E-state index contributed by atoms with van der Waals surface area (Å²) in [6.45, 7) is 3.20. The lowest BCUT2D eigenvalue weighted by atomic mass is 10.0. The molecule has 0 saturated carbocycles. The molecule has 0 fully saturated rings. The van der Waals surface area contributed by atoms with Crippen molar-refractivity contribution < 1.29 is 14.6 Å². The first kappa shape index (κ1) is 17.1. The van der Waals surface area contributed by atoms with E-state index in [0.717, 1.165) is 33.7 Å². The van der Waals surface area contributed by atoms with Gasteiger partial charge in [-0.1, -0.05) is 23.8 Å². The first-order valence-corrected chi connectivity index (χ1v) is 8.93. The quantitative estimate of drug-likeness (QED) is 0.731. The first-order chi connectivity index (χ1) is 13.1. The highest BCUT2D eigenvalue weighted by atomic mass is 16.5. The number of ether oxygens (including phenoxy) is 1. The minimum absolute atomic E-state index is 0.0830. The van der Waals surface area contributed by atoms with Gasteiger partial charge in [-0.3, -0.25) is 9.48 Å². The van der Waals surface area contributed by atoms with Crippen molar-refractivity contribution in [2.24, 2.45) is 0 Å². The van der Waals surface area contributed by atoms with Crippen LogP contribution in [0.25, 0.3) is 11.3 Å². The summed E-state index contributed by atoms with van der Waals surface area (Å²) in [6.07, 6.45) is 2.48. The number of hydrogen-bond donors (Lipinski definition) is 2. The molecule has 138 valence electrons. The molecule has 0 radical (unpaired) electrons. The van der Waals surface area contributed by atoms with Gasteiger partial charge in [0.1, 0.15) is 24.7 Å². The van der Waals surface area contributed by atoms with Gasteiger partial charge >= 0.3 is 0 Å². The van der Waals surface area contributed by atoms with Crippen molar-refractivity contribution in [1.29, 1.82) is 0 Å². The SMILES string of the molecule is Cc1ccc2c(c1)-c1c(cnn1CC(=O)NCCc1ccc(O)cc1)CO2. The Labute approximate surface area is 157 Å². The van der Waals surface area contributed by atoms with Crippen molar-refractivity contribution in [2.45, 2.75) is 26.5 Å². The Morgan fingerprint density at radius 1 is 1.26 bits per heavy atom. The summed E-state index contributed by atoms with van der Waals surface area (Å²) in [7, 11) is 0. The van der Waals surface area contributed by atoms with Crippen molar-refractivity contribution in [1.82, 2.24) is 15.1 Å². The van der Waals surface area contributed by atoms with Crippen molar-refractivity contribution in [3.05, 3.63) is 65.4 Å². The molecule has 0 saturated heterocycles. The third-order valence-corrected chi connectivity index (χ3v) is 4.65. The number of aryl methyl sites for hydroxylation is 1. The van der Waals surface area contributed by atoms with Crippen LogP contribution < -0.4 is 10.1 Å². The number of benzene rings is 2. The van der Waals surface area contributed by atoms with Gasteiger partial charge in [-0.2, -0.15) is 5.10 Å². The van der Waals surface area contributed by atoms with Gasteiger partial charge < -0.3 is 15.2 Å². The number of hydrogen-bond acceptors (Lipinski definition) is 4. The topological polar surface area (TPSA) is 76.4 Å². The number of aromatic nitrogens is 2. The standard InChI is InChI=1S/C21H21N3O3/c1-14-2-7-19-18(10-14)21-16(13-27-19)11-23-24(21)12-20(26)22-9-8-15-3-5-17(25)6-4-15/h2-7,10-11,25H,8-9,12-13H2,1H3,(H,22,26). The van der Waals surface area contributed by atoms with Crippen molar-refractivity contribution >= 4 is 5.91 Å². The zero-order valence-electron chi connectivity index (χ0n) is 15.1. The molecule has 0 spiro atoms. The number of nitrogens with one attached hydrogen (secondary N) is 1. The molecular formula is C21H21N3O3. The van der Waals surface area contributed by atoms with E-state index < -0.39 is 0 Å². The van der Waals surface area contributed by atoms with Crippen LogP contribution in [0.4, 0.5) is 0 Å². The molecule has 0 bridgehead atoms. The fourth-order valence-corrected chi connectivity index (χ4v) is 3.27. The van der Waals surface area contributed by atoms with Gasteiger partial charge in [0.15, 0.2) is 0 Å². The summed E-state index contributed by atoms with van der Waals surface area (Å²) >= 11 is 0. The number of aromatic hydroxyl groups is 1. The molecule has 6 nitrogen and oxygen atoms in total. The lowest BCUT2D eigenvalue weighted by Crippen LogP contribution is -2.30. The van der Waals surface area contributed by atoms with Crippen LogP contribution >= 0.6 is 0 Å². The van der Waals surface area contributed by atoms with Gasteiger partial charge in [-0.05, 0) is 43.2 Å². The van der Waals surface area contributed by atoms with Crippen molar-refractivity contribution in [3.8, 4) is 22.8 Å². The van der Waals surface area contributed by atoms with Gasteiger partial charge in [-0.15, -0.1) is 0 Å². The third kappa shape index (κ3) is 3.65. The number of nitrogens with zero attached hydrogens (tertiary/aromatic N) is 2. The number of rotatable bonds is 5. The third-order valence-electron chi connectivity index (χ3n) is 4.65. The summed E-state index contributed by atoms with van der Waals surface area (Å²) in [5.74, 6) is 0.980. The predicted octanol–water partition coefficient (Wildman–Crippen LogP) is 2.82. The predicted molar refractivity (Wildman–Crippen MR) is 102 cm³/mol. The number of phenols is 1. The van der Waals surface area contributed by atoms with Crippen LogP contribution in [0.3, 0.4) is 0 Å². The zero-order valence-corrected chi connectivity index (χ0v) is 15.1. The molecule has 2 heterocycles. The highest BCUT2D eigenvalue weighted by Crippen LogP contribution is 2.37.